The Bertz CT molecular complexity index is 648. The van der Waals surface area contributed by atoms with E-state index in [0.29, 0.717) is 12.0 Å². The summed E-state index contributed by atoms with van der Waals surface area (Å²) < 4.78 is 0. The summed E-state index contributed by atoms with van der Waals surface area (Å²) in [6.07, 6.45) is 8.22. The fraction of sp³-hybridized carbons (Fsp3) is 0.500. The van der Waals surface area contributed by atoms with Crippen molar-refractivity contribution in [3.63, 3.8) is 0 Å². The molecule has 26 heavy (non-hydrogen) atoms. The molecule has 1 saturated carbocycles. The minimum atomic E-state index is 0.593. The monoisotopic (exact) mass is 348 g/mol. The summed E-state index contributed by atoms with van der Waals surface area (Å²) in [6, 6.07) is 23.5. The van der Waals surface area contributed by atoms with Gasteiger partial charge in [0.1, 0.15) is 0 Å². The topological polar surface area (TPSA) is 15.3 Å². The molecule has 2 unspecified atom stereocenters. The first kappa shape index (κ1) is 17.8. The van der Waals surface area contributed by atoms with Crippen LogP contribution < -0.4 is 5.32 Å². The molecule has 0 bridgehead atoms. The predicted octanol–water partition coefficient (Wildman–Crippen LogP) is 4.97. The lowest BCUT2D eigenvalue weighted by atomic mass is 9.84. The second-order valence-corrected chi connectivity index (χ2v) is 8.13. The van der Waals surface area contributed by atoms with Crippen LogP contribution in [0.15, 0.2) is 60.7 Å². The molecule has 4 rings (SSSR count). The smallest absolute Gasteiger partial charge is 0.0234 e. The third-order valence-corrected chi connectivity index (χ3v) is 6.23. The summed E-state index contributed by atoms with van der Waals surface area (Å²) in [5.41, 5.74) is 2.93. The van der Waals surface area contributed by atoms with Gasteiger partial charge in [0.15, 0.2) is 0 Å². The zero-order valence-electron chi connectivity index (χ0n) is 15.8. The quantitative estimate of drug-likeness (QED) is 0.821. The SMILES string of the molecule is c1ccc(CN2CCC(NC3CCCCC3)C(c3ccccc3)C2)cc1. The molecular formula is C24H32N2. The molecule has 1 N–H and O–H groups in total. The number of rotatable bonds is 5. The van der Waals surface area contributed by atoms with E-state index in [-0.39, 0.29) is 0 Å². The average Bonchev–Trinajstić information content (AvgIpc) is 2.71. The Labute approximate surface area is 158 Å². The second-order valence-electron chi connectivity index (χ2n) is 8.13. The Kier molecular flexibility index (Phi) is 6.03. The first-order valence-electron chi connectivity index (χ1n) is 10.5. The normalized spacial score (nSPS) is 25.2. The largest absolute Gasteiger partial charge is 0.311 e. The van der Waals surface area contributed by atoms with Crippen LogP contribution in [0.25, 0.3) is 0 Å². The molecule has 2 atom stereocenters. The van der Waals surface area contributed by atoms with E-state index in [0.717, 1.165) is 19.1 Å². The van der Waals surface area contributed by atoms with E-state index in [1.807, 2.05) is 0 Å². The lowest BCUT2D eigenvalue weighted by Gasteiger charge is -2.41. The zero-order valence-corrected chi connectivity index (χ0v) is 15.8. The first-order chi connectivity index (χ1) is 12.9. The number of piperidine rings is 1. The molecule has 1 heterocycles. The molecule has 0 spiro atoms. The third-order valence-electron chi connectivity index (χ3n) is 6.23. The fourth-order valence-corrected chi connectivity index (χ4v) is 4.81. The highest BCUT2D eigenvalue weighted by atomic mass is 15.2. The summed E-state index contributed by atoms with van der Waals surface area (Å²) >= 11 is 0. The van der Waals surface area contributed by atoms with E-state index in [1.54, 1.807) is 0 Å². The van der Waals surface area contributed by atoms with Crippen molar-refractivity contribution >= 4 is 0 Å². The molecule has 138 valence electrons. The molecule has 2 nitrogen and oxygen atoms in total. The minimum absolute atomic E-state index is 0.593. The summed E-state index contributed by atoms with van der Waals surface area (Å²) in [7, 11) is 0. The van der Waals surface area contributed by atoms with Gasteiger partial charge in [0.05, 0.1) is 0 Å². The van der Waals surface area contributed by atoms with Crippen LogP contribution in [0.5, 0.6) is 0 Å². The summed E-state index contributed by atoms with van der Waals surface area (Å²) in [6.45, 7) is 3.42. The van der Waals surface area contributed by atoms with E-state index in [2.05, 4.69) is 70.9 Å². The van der Waals surface area contributed by atoms with Crippen molar-refractivity contribution in [2.45, 2.75) is 63.1 Å². The van der Waals surface area contributed by atoms with Crippen molar-refractivity contribution in [1.29, 1.82) is 0 Å². The Morgan fingerprint density at radius 2 is 1.50 bits per heavy atom. The Morgan fingerprint density at radius 3 is 2.23 bits per heavy atom. The number of hydrogen-bond acceptors (Lipinski definition) is 2. The van der Waals surface area contributed by atoms with Gasteiger partial charge in [-0.2, -0.15) is 0 Å². The highest BCUT2D eigenvalue weighted by molar-refractivity contribution is 5.23. The molecular weight excluding hydrogens is 316 g/mol. The molecule has 2 heteroatoms. The van der Waals surface area contributed by atoms with Gasteiger partial charge in [-0.1, -0.05) is 79.9 Å². The lowest BCUT2D eigenvalue weighted by molar-refractivity contribution is 0.155. The van der Waals surface area contributed by atoms with Crippen LogP contribution in [0, 0.1) is 0 Å². The van der Waals surface area contributed by atoms with E-state index in [9.17, 15) is 0 Å². The molecule has 2 fully saturated rings. The summed E-state index contributed by atoms with van der Waals surface area (Å²) in [4.78, 5) is 2.64. The van der Waals surface area contributed by atoms with Crippen molar-refractivity contribution in [1.82, 2.24) is 10.2 Å². The van der Waals surface area contributed by atoms with Crippen molar-refractivity contribution in [2.75, 3.05) is 13.1 Å². The van der Waals surface area contributed by atoms with Gasteiger partial charge in [-0.25, -0.2) is 0 Å². The maximum absolute atomic E-state index is 4.06. The van der Waals surface area contributed by atoms with Crippen LogP contribution >= 0.6 is 0 Å². The van der Waals surface area contributed by atoms with Gasteiger partial charge in [0, 0.05) is 37.6 Å². The molecule has 0 amide bonds. The molecule has 1 saturated heterocycles. The molecule has 2 aliphatic rings. The van der Waals surface area contributed by atoms with Crippen molar-refractivity contribution < 1.29 is 0 Å². The zero-order chi connectivity index (χ0) is 17.6. The number of hydrogen-bond donors (Lipinski definition) is 1. The van der Waals surface area contributed by atoms with Gasteiger partial charge in [-0.15, -0.1) is 0 Å². The van der Waals surface area contributed by atoms with Gasteiger partial charge in [-0.3, -0.25) is 4.90 Å². The number of benzene rings is 2. The standard InChI is InChI=1S/C24H32N2/c1-4-10-20(11-5-1)18-26-17-16-24(25-22-14-8-3-9-15-22)23(19-26)21-12-6-2-7-13-21/h1-2,4-7,10-13,22-25H,3,8-9,14-19H2. The predicted molar refractivity (Wildman–Crippen MR) is 109 cm³/mol. The summed E-state index contributed by atoms with van der Waals surface area (Å²) in [5, 5.41) is 4.06. The molecule has 1 aliphatic carbocycles. The van der Waals surface area contributed by atoms with Gasteiger partial charge in [-0.05, 0) is 30.4 Å². The maximum Gasteiger partial charge on any atom is 0.0234 e. The fourth-order valence-electron chi connectivity index (χ4n) is 4.81. The average molecular weight is 349 g/mol. The highest BCUT2D eigenvalue weighted by Crippen LogP contribution is 2.30. The van der Waals surface area contributed by atoms with Crippen molar-refractivity contribution in [3.8, 4) is 0 Å². The van der Waals surface area contributed by atoms with E-state index in [1.165, 1.54) is 56.2 Å². The second kappa shape index (κ2) is 8.83. The van der Waals surface area contributed by atoms with Gasteiger partial charge in [0.25, 0.3) is 0 Å². The molecule has 0 radical (unpaired) electrons. The minimum Gasteiger partial charge on any atom is -0.311 e. The van der Waals surface area contributed by atoms with Crippen LogP contribution in [-0.2, 0) is 6.54 Å². The van der Waals surface area contributed by atoms with E-state index in [4.69, 9.17) is 0 Å². The van der Waals surface area contributed by atoms with Crippen LogP contribution in [0.4, 0.5) is 0 Å². The Morgan fingerprint density at radius 1 is 0.808 bits per heavy atom. The molecule has 0 aromatic heterocycles. The van der Waals surface area contributed by atoms with Crippen molar-refractivity contribution in [2.24, 2.45) is 0 Å². The molecule has 2 aromatic carbocycles. The number of nitrogens with one attached hydrogen (secondary N) is 1. The Balaban J connectivity index is 1.46. The summed E-state index contributed by atoms with van der Waals surface area (Å²) in [5.74, 6) is 0.593. The number of likely N-dealkylation sites (tertiary alicyclic amines) is 1. The van der Waals surface area contributed by atoms with Crippen molar-refractivity contribution in [3.05, 3.63) is 71.8 Å². The van der Waals surface area contributed by atoms with Gasteiger partial charge >= 0.3 is 0 Å². The number of nitrogens with zero attached hydrogens (tertiary/aromatic N) is 1. The van der Waals surface area contributed by atoms with E-state index < -0.39 is 0 Å². The molecule has 1 aliphatic heterocycles. The van der Waals surface area contributed by atoms with Crippen LogP contribution in [-0.4, -0.2) is 30.1 Å². The van der Waals surface area contributed by atoms with Crippen LogP contribution in [0.3, 0.4) is 0 Å². The highest BCUT2D eigenvalue weighted by Gasteiger charge is 2.31. The van der Waals surface area contributed by atoms with Gasteiger partial charge in [0.2, 0.25) is 0 Å². The third kappa shape index (κ3) is 4.55. The maximum atomic E-state index is 4.06. The Hall–Kier alpha value is -1.64. The van der Waals surface area contributed by atoms with E-state index >= 15 is 0 Å². The molecule has 2 aromatic rings. The lowest BCUT2D eigenvalue weighted by Crippen LogP contribution is -2.51. The van der Waals surface area contributed by atoms with Crippen LogP contribution in [0.2, 0.25) is 0 Å². The van der Waals surface area contributed by atoms with Gasteiger partial charge < -0.3 is 5.32 Å². The van der Waals surface area contributed by atoms with Crippen LogP contribution in [0.1, 0.15) is 55.6 Å². The first-order valence-corrected chi connectivity index (χ1v) is 10.5.